The van der Waals surface area contributed by atoms with Crippen LogP contribution in [0.25, 0.3) is 5.65 Å². The molecule has 0 aliphatic heterocycles. The van der Waals surface area contributed by atoms with Gasteiger partial charge in [0.2, 0.25) is 0 Å². The highest BCUT2D eigenvalue weighted by molar-refractivity contribution is 6.03. The highest BCUT2D eigenvalue weighted by atomic mass is 19.1. The Morgan fingerprint density at radius 3 is 3.05 bits per heavy atom. The lowest BCUT2D eigenvalue weighted by Gasteiger charge is -2.04. The number of anilines is 1. The first-order chi connectivity index (χ1) is 9.22. The fourth-order valence-corrected chi connectivity index (χ4v) is 1.61. The maximum atomic E-state index is 13.0. The third kappa shape index (κ3) is 2.25. The Morgan fingerprint density at radius 2 is 2.21 bits per heavy atom. The van der Waals surface area contributed by atoms with Crippen LogP contribution in [0.4, 0.5) is 10.1 Å². The van der Waals surface area contributed by atoms with Crippen molar-refractivity contribution in [2.24, 2.45) is 0 Å². The van der Waals surface area contributed by atoms with Crippen molar-refractivity contribution in [3.05, 3.63) is 54.5 Å². The SMILES string of the molecule is O=C(Nc1cnc2ccnn2c1)c1cncc(F)c1. The summed E-state index contributed by atoms with van der Waals surface area (Å²) in [6.45, 7) is 0. The summed E-state index contributed by atoms with van der Waals surface area (Å²) in [6, 6.07) is 2.85. The predicted molar refractivity (Wildman–Crippen MR) is 65.1 cm³/mol. The molecule has 7 heteroatoms. The van der Waals surface area contributed by atoms with E-state index in [4.69, 9.17) is 0 Å². The zero-order valence-corrected chi connectivity index (χ0v) is 9.62. The summed E-state index contributed by atoms with van der Waals surface area (Å²) in [7, 11) is 0. The van der Waals surface area contributed by atoms with Crippen molar-refractivity contribution in [1.29, 1.82) is 0 Å². The normalized spacial score (nSPS) is 10.6. The molecule has 0 radical (unpaired) electrons. The van der Waals surface area contributed by atoms with E-state index in [0.29, 0.717) is 11.3 Å². The smallest absolute Gasteiger partial charge is 0.257 e. The number of nitrogens with zero attached hydrogens (tertiary/aromatic N) is 4. The second kappa shape index (κ2) is 4.45. The van der Waals surface area contributed by atoms with Crippen LogP contribution in [-0.2, 0) is 0 Å². The summed E-state index contributed by atoms with van der Waals surface area (Å²) < 4.78 is 14.5. The highest BCUT2D eigenvalue weighted by Gasteiger charge is 2.08. The molecule has 0 aromatic carbocycles. The number of halogens is 1. The van der Waals surface area contributed by atoms with Gasteiger partial charge in [-0.1, -0.05) is 0 Å². The maximum absolute atomic E-state index is 13.0. The Labute approximate surface area is 106 Å². The van der Waals surface area contributed by atoms with E-state index in [0.717, 1.165) is 12.3 Å². The number of amides is 1. The molecular weight excluding hydrogens is 249 g/mol. The van der Waals surface area contributed by atoms with Crippen LogP contribution in [0.5, 0.6) is 0 Å². The van der Waals surface area contributed by atoms with E-state index in [-0.39, 0.29) is 5.56 Å². The van der Waals surface area contributed by atoms with E-state index in [9.17, 15) is 9.18 Å². The lowest BCUT2D eigenvalue weighted by Crippen LogP contribution is -2.13. The molecule has 3 aromatic heterocycles. The fourth-order valence-electron chi connectivity index (χ4n) is 1.61. The largest absolute Gasteiger partial charge is 0.319 e. The molecule has 3 aromatic rings. The Hall–Kier alpha value is -2.83. The van der Waals surface area contributed by atoms with Crippen LogP contribution < -0.4 is 5.32 Å². The zero-order valence-electron chi connectivity index (χ0n) is 9.62. The minimum atomic E-state index is -0.562. The van der Waals surface area contributed by atoms with Gasteiger partial charge in [-0.15, -0.1) is 0 Å². The van der Waals surface area contributed by atoms with E-state index in [1.165, 1.54) is 16.9 Å². The summed E-state index contributed by atoms with van der Waals surface area (Å²) in [6.07, 6.45) is 7.05. The molecule has 6 nitrogen and oxygen atoms in total. The molecule has 0 saturated heterocycles. The van der Waals surface area contributed by atoms with Crippen LogP contribution in [0.3, 0.4) is 0 Å². The third-order valence-electron chi connectivity index (χ3n) is 2.47. The van der Waals surface area contributed by atoms with Gasteiger partial charge in [0.1, 0.15) is 5.82 Å². The molecule has 0 spiro atoms. The number of fused-ring (bicyclic) bond motifs is 1. The lowest BCUT2D eigenvalue weighted by molar-refractivity contribution is 0.102. The minimum absolute atomic E-state index is 0.139. The van der Waals surface area contributed by atoms with Crippen molar-refractivity contribution in [3.63, 3.8) is 0 Å². The molecule has 0 bridgehead atoms. The minimum Gasteiger partial charge on any atom is -0.319 e. The number of carbonyl (C=O) groups is 1. The maximum Gasteiger partial charge on any atom is 0.257 e. The van der Waals surface area contributed by atoms with Gasteiger partial charge in [0.15, 0.2) is 5.65 Å². The van der Waals surface area contributed by atoms with E-state index in [1.54, 1.807) is 18.5 Å². The summed E-state index contributed by atoms with van der Waals surface area (Å²) in [5.41, 5.74) is 1.27. The molecular formula is C12H8FN5O. The molecule has 3 rings (SSSR count). The van der Waals surface area contributed by atoms with Crippen LogP contribution in [0, 0.1) is 5.82 Å². The summed E-state index contributed by atoms with van der Waals surface area (Å²) >= 11 is 0. The number of nitrogens with one attached hydrogen (secondary N) is 1. The molecule has 0 fully saturated rings. The van der Waals surface area contributed by atoms with Gasteiger partial charge in [0, 0.05) is 12.3 Å². The monoisotopic (exact) mass is 257 g/mol. The standard InChI is InChI=1S/C12H8FN5O/c13-9-3-8(4-14-5-9)12(19)17-10-6-15-11-1-2-16-18(11)7-10/h1-7H,(H,17,19). The average Bonchev–Trinajstić information content (AvgIpc) is 2.86. The van der Waals surface area contributed by atoms with Gasteiger partial charge in [-0.25, -0.2) is 13.9 Å². The highest BCUT2D eigenvalue weighted by Crippen LogP contribution is 2.09. The lowest BCUT2D eigenvalue weighted by atomic mass is 10.2. The van der Waals surface area contributed by atoms with Crippen LogP contribution >= 0.6 is 0 Å². The first-order valence-electron chi connectivity index (χ1n) is 5.44. The number of hydrogen-bond donors (Lipinski definition) is 1. The summed E-state index contributed by atoms with van der Waals surface area (Å²) in [4.78, 5) is 19.6. The average molecular weight is 257 g/mol. The molecule has 3 heterocycles. The van der Waals surface area contributed by atoms with Crippen LogP contribution in [-0.4, -0.2) is 25.5 Å². The molecule has 1 N–H and O–H groups in total. The Balaban J connectivity index is 1.86. The van der Waals surface area contributed by atoms with Crippen LogP contribution in [0.15, 0.2) is 43.1 Å². The Morgan fingerprint density at radius 1 is 1.32 bits per heavy atom. The number of carbonyl (C=O) groups excluding carboxylic acids is 1. The van der Waals surface area contributed by atoms with E-state index in [1.807, 2.05) is 0 Å². The first kappa shape index (κ1) is 11.3. The molecule has 0 atom stereocenters. The first-order valence-corrected chi connectivity index (χ1v) is 5.44. The van der Waals surface area contributed by atoms with Gasteiger partial charge in [-0.05, 0) is 6.07 Å². The summed E-state index contributed by atoms with van der Waals surface area (Å²) in [5, 5.41) is 6.60. The summed E-state index contributed by atoms with van der Waals surface area (Å²) in [5.74, 6) is -1.02. The van der Waals surface area contributed by atoms with Crippen molar-refractivity contribution in [2.75, 3.05) is 5.32 Å². The second-order valence-corrected chi connectivity index (χ2v) is 3.82. The molecule has 94 valence electrons. The van der Waals surface area contributed by atoms with Gasteiger partial charge in [-0.2, -0.15) is 5.10 Å². The predicted octanol–water partition coefficient (Wildman–Crippen LogP) is 1.52. The van der Waals surface area contributed by atoms with E-state index < -0.39 is 11.7 Å². The van der Waals surface area contributed by atoms with Crippen molar-refractivity contribution < 1.29 is 9.18 Å². The van der Waals surface area contributed by atoms with Crippen LogP contribution in [0.2, 0.25) is 0 Å². The number of hydrogen-bond acceptors (Lipinski definition) is 4. The van der Waals surface area contributed by atoms with Crippen molar-refractivity contribution in [1.82, 2.24) is 19.6 Å². The van der Waals surface area contributed by atoms with Gasteiger partial charge in [0.05, 0.1) is 36.0 Å². The third-order valence-corrected chi connectivity index (χ3v) is 2.47. The quantitative estimate of drug-likeness (QED) is 0.755. The molecule has 1 amide bonds. The second-order valence-electron chi connectivity index (χ2n) is 3.82. The topological polar surface area (TPSA) is 72.2 Å². The molecule has 0 unspecified atom stereocenters. The number of rotatable bonds is 2. The Kier molecular flexibility index (Phi) is 2.64. The van der Waals surface area contributed by atoms with Crippen LogP contribution in [0.1, 0.15) is 10.4 Å². The van der Waals surface area contributed by atoms with Gasteiger partial charge in [0.25, 0.3) is 5.91 Å². The van der Waals surface area contributed by atoms with Crippen molar-refractivity contribution >= 4 is 17.2 Å². The van der Waals surface area contributed by atoms with Crippen molar-refractivity contribution in [3.8, 4) is 0 Å². The van der Waals surface area contributed by atoms with Gasteiger partial charge < -0.3 is 5.32 Å². The molecule has 0 saturated carbocycles. The molecule has 0 aliphatic rings. The zero-order chi connectivity index (χ0) is 13.2. The number of pyridine rings is 1. The van der Waals surface area contributed by atoms with Gasteiger partial charge in [-0.3, -0.25) is 9.78 Å². The van der Waals surface area contributed by atoms with Gasteiger partial charge >= 0.3 is 0 Å². The molecule has 0 aliphatic carbocycles. The van der Waals surface area contributed by atoms with E-state index in [2.05, 4.69) is 20.4 Å². The van der Waals surface area contributed by atoms with Crippen molar-refractivity contribution in [2.45, 2.75) is 0 Å². The fraction of sp³-hybridized carbons (Fsp3) is 0. The molecule has 19 heavy (non-hydrogen) atoms. The van der Waals surface area contributed by atoms with E-state index >= 15 is 0 Å². The number of aromatic nitrogens is 4. The Bertz CT molecular complexity index is 754.